The van der Waals surface area contributed by atoms with Gasteiger partial charge in [-0.05, 0) is 46.6 Å². The van der Waals surface area contributed by atoms with Gasteiger partial charge in [0.2, 0.25) is 0 Å². The molecule has 0 aliphatic heterocycles. The van der Waals surface area contributed by atoms with E-state index < -0.39 is 0 Å². The maximum atomic E-state index is 5.75. The Kier molecular flexibility index (Phi) is 7.07. The van der Waals surface area contributed by atoms with Crippen molar-refractivity contribution in [2.24, 2.45) is 0 Å². The van der Waals surface area contributed by atoms with Crippen LogP contribution < -0.4 is 4.74 Å². The van der Waals surface area contributed by atoms with Crippen LogP contribution in [0.5, 0.6) is 5.75 Å². The van der Waals surface area contributed by atoms with Crippen LogP contribution >= 0.6 is 0 Å². The molecule has 0 aliphatic carbocycles. The molecule has 0 bridgehead atoms. The van der Waals surface area contributed by atoms with Crippen molar-refractivity contribution >= 4 is 0 Å². The predicted octanol–water partition coefficient (Wildman–Crippen LogP) is 6.09. The first-order chi connectivity index (χ1) is 11.9. The van der Waals surface area contributed by atoms with E-state index in [2.05, 4.69) is 71.0 Å². The molecule has 2 nitrogen and oxygen atoms in total. The molecule has 25 heavy (non-hydrogen) atoms. The van der Waals surface area contributed by atoms with Crippen LogP contribution in [-0.4, -0.2) is 13.2 Å². The molecule has 2 rings (SSSR count). The third-order valence-electron chi connectivity index (χ3n) is 4.65. The van der Waals surface area contributed by atoms with Crippen LogP contribution in [0, 0.1) is 0 Å². The van der Waals surface area contributed by atoms with Crippen molar-refractivity contribution in [1.82, 2.24) is 0 Å². The van der Waals surface area contributed by atoms with Crippen LogP contribution in [0.2, 0.25) is 0 Å². The van der Waals surface area contributed by atoms with Gasteiger partial charge < -0.3 is 9.47 Å². The van der Waals surface area contributed by atoms with Crippen LogP contribution in [0.3, 0.4) is 0 Å². The SMILES string of the molecule is CCC(C)c1ccc(COCCOc2ccc(C(C)(C)C)cc2)cc1. The molecule has 0 aliphatic rings. The lowest BCUT2D eigenvalue weighted by Crippen LogP contribution is -2.11. The molecule has 0 fully saturated rings. The lowest BCUT2D eigenvalue weighted by Gasteiger charge is -2.19. The summed E-state index contributed by atoms with van der Waals surface area (Å²) in [7, 11) is 0. The zero-order valence-electron chi connectivity index (χ0n) is 16.3. The number of benzene rings is 2. The maximum absolute atomic E-state index is 5.75. The summed E-state index contributed by atoms with van der Waals surface area (Å²) < 4.78 is 11.5. The van der Waals surface area contributed by atoms with Crippen molar-refractivity contribution in [3.05, 3.63) is 65.2 Å². The van der Waals surface area contributed by atoms with E-state index in [4.69, 9.17) is 9.47 Å². The second-order valence-corrected chi connectivity index (χ2v) is 7.73. The summed E-state index contributed by atoms with van der Waals surface area (Å²) >= 11 is 0. The molecule has 0 heterocycles. The highest BCUT2D eigenvalue weighted by molar-refractivity contribution is 5.31. The first kappa shape index (κ1) is 19.5. The molecule has 0 saturated carbocycles. The molecular weight excluding hydrogens is 308 g/mol. The average molecular weight is 341 g/mol. The van der Waals surface area contributed by atoms with Crippen LogP contribution in [-0.2, 0) is 16.8 Å². The molecule has 0 N–H and O–H groups in total. The molecule has 1 unspecified atom stereocenters. The fourth-order valence-corrected chi connectivity index (χ4v) is 2.64. The van der Waals surface area contributed by atoms with Crippen LogP contribution in [0.15, 0.2) is 48.5 Å². The molecule has 2 aromatic carbocycles. The van der Waals surface area contributed by atoms with E-state index in [1.165, 1.54) is 23.1 Å². The summed E-state index contributed by atoms with van der Waals surface area (Å²) in [5.41, 5.74) is 4.10. The van der Waals surface area contributed by atoms with Gasteiger partial charge in [-0.25, -0.2) is 0 Å². The molecule has 0 aromatic heterocycles. The highest BCUT2D eigenvalue weighted by Crippen LogP contribution is 2.24. The summed E-state index contributed by atoms with van der Waals surface area (Å²) in [6, 6.07) is 17.1. The van der Waals surface area contributed by atoms with E-state index in [1.807, 2.05) is 12.1 Å². The molecule has 2 heteroatoms. The number of hydrogen-bond donors (Lipinski definition) is 0. The van der Waals surface area contributed by atoms with Gasteiger partial charge in [-0.1, -0.05) is 71.0 Å². The molecule has 0 amide bonds. The highest BCUT2D eigenvalue weighted by Gasteiger charge is 2.12. The van der Waals surface area contributed by atoms with Gasteiger partial charge in [0.25, 0.3) is 0 Å². The van der Waals surface area contributed by atoms with E-state index in [0.717, 1.165) is 5.75 Å². The monoisotopic (exact) mass is 340 g/mol. The average Bonchev–Trinajstić information content (AvgIpc) is 2.61. The van der Waals surface area contributed by atoms with Crippen molar-refractivity contribution < 1.29 is 9.47 Å². The minimum Gasteiger partial charge on any atom is -0.491 e. The largest absolute Gasteiger partial charge is 0.491 e. The van der Waals surface area contributed by atoms with Crippen molar-refractivity contribution in [1.29, 1.82) is 0 Å². The third kappa shape index (κ3) is 6.21. The smallest absolute Gasteiger partial charge is 0.119 e. The second kappa shape index (κ2) is 9.05. The summed E-state index contributed by atoms with van der Waals surface area (Å²) in [5, 5.41) is 0. The van der Waals surface area contributed by atoms with Crippen LogP contribution in [0.1, 0.15) is 63.6 Å². The van der Waals surface area contributed by atoms with Gasteiger partial charge in [0.05, 0.1) is 13.2 Å². The van der Waals surface area contributed by atoms with Crippen molar-refractivity contribution in [3.63, 3.8) is 0 Å². The fourth-order valence-electron chi connectivity index (χ4n) is 2.64. The standard InChI is InChI=1S/C23H32O2/c1-6-18(2)20-9-7-19(8-10-20)17-24-15-16-25-22-13-11-21(12-14-22)23(3,4)5/h7-14,18H,6,15-17H2,1-5H3. The number of ether oxygens (including phenoxy) is 2. The van der Waals surface area contributed by atoms with E-state index >= 15 is 0 Å². The maximum Gasteiger partial charge on any atom is 0.119 e. The fraction of sp³-hybridized carbons (Fsp3) is 0.478. The minimum atomic E-state index is 0.173. The lowest BCUT2D eigenvalue weighted by molar-refractivity contribution is 0.0889. The summed E-state index contributed by atoms with van der Waals surface area (Å²) in [6.45, 7) is 12.9. The van der Waals surface area contributed by atoms with Crippen molar-refractivity contribution in [2.75, 3.05) is 13.2 Å². The normalized spacial score (nSPS) is 12.8. The Morgan fingerprint density at radius 3 is 2.08 bits per heavy atom. The molecular formula is C23H32O2. The van der Waals surface area contributed by atoms with E-state index in [1.54, 1.807) is 0 Å². The van der Waals surface area contributed by atoms with Crippen molar-refractivity contribution in [3.8, 4) is 5.75 Å². The number of hydrogen-bond acceptors (Lipinski definition) is 2. The molecule has 136 valence electrons. The van der Waals surface area contributed by atoms with Crippen LogP contribution in [0.25, 0.3) is 0 Å². The molecule has 0 radical (unpaired) electrons. The molecule has 2 aromatic rings. The van der Waals surface area contributed by atoms with Crippen LogP contribution in [0.4, 0.5) is 0 Å². The van der Waals surface area contributed by atoms with Gasteiger partial charge in [-0.2, -0.15) is 0 Å². The number of rotatable bonds is 8. The van der Waals surface area contributed by atoms with Gasteiger partial charge in [0, 0.05) is 0 Å². The van der Waals surface area contributed by atoms with Gasteiger partial charge >= 0.3 is 0 Å². The Bertz CT molecular complexity index is 621. The Morgan fingerprint density at radius 1 is 0.880 bits per heavy atom. The summed E-state index contributed by atoms with van der Waals surface area (Å²) in [5.74, 6) is 1.52. The Labute approximate surface area is 153 Å². The topological polar surface area (TPSA) is 18.5 Å². The second-order valence-electron chi connectivity index (χ2n) is 7.73. The Balaban J connectivity index is 1.69. The summed E-state index contributed by atoms with van der Waals surface area (Å²) in [4.78, 5) is 0. The van der Waals surface area contributed by atoms with E-state index in [0.29, 0.717) is 25.7 Å². The highest BCUT2D eigenvalue weighted by atomic mass is 16.5. The third-order valence-corrected chi connectivity index (χ3v) is 4.65. The van der Waals surface area contributed by atoms with Gasteiger partial charge in [0.15, 0.2) is 0 Å². The van der Waals surface area contributed by atoms with Gasteiger partial charge in [-0.3, -0.25) is 0 Å². The van der Waals surface area contributed by atoms with Gasteiger partial charge in [0.1, 0.15) is 12.4 Å². The Morgan fingerprint density at radius 2 is 1.52 bits per heavy atom. The first-order valence-electron chi connectivity index (χ1n) is 9.30. The quantitative estimate of drug-likeness (QED) is 0.541. The summed E-state index contributed by atoms with van der Waals surface area (Å²) in [6.07, 6.45) is 1.17. The zero-order valence-corrected chi connectivity index (χ0v) is 16.3. The Hall–Kier alpha value is -1.80. The zero-order chi connectivity index (χ0) is 18.3. The predicted molar refractivity (Wildman–Crippen MR) is 105 cm³/mol. The van der Waals surface area contributed by atoms with E-state index in [9.17, 15) is 0 Å². The molecule has 0 saturated heterocycles. The molecule has 1 atom stereocenters. The molecule has 0 spiro atoms. The first-order valence-corrected chi connectivity index (χ1v) is 9.30. The lowest BCUT2D eigenvalue weighted by atomic mass is 9.87. The minimum absolute atomic E-state index is 0.173. The van der Waals surface area contributed by atoms with Crippen molar-refractivity contribution in [2.45, 2.75) is 59.0 Å². The van der Waals surface area contributed by atoms with Gasteiger partial charge in [-0.15, -0.1) is 0 Å². The van der Waals surface area contributed by atoms with E-state index in [-0.39, 0.29) is 5.41 Å².